The highest BCUT2D eigenvalue weighted by molar-refractivity contribution is 5.82. The SMILES string of the molecule is COc1ccc(CN(C)C(=O)C(Oc2ccccc2)c2ccccc2)cc1. The Morgan fingerprint density at radius 3 is 2.04 bits per heavy atom. The molecule has 0 heterocycles. The molecule has 0 spiro atoms. The van der Waals surface area contributed by atoms with Crippen LogP contribution in [-0.2, 0) is 11.3 Å². The van der Waals surface area contributed by atoms with Crippen LogP contribution in [0.5, 0.6) is 11.5 Å². The van der Waals surface area contributed by atoms with Gasteiger partial charge in [-0.05, 0) is 29.8 Å². The average Bonchev–Trinajstić information content (AvgIpc) is 2.73. The van der Waals surface area contributed by atoms with E-state index in [1.807, 2.05) is 84.9 Å². The van der Waals surface area contributed by atoms with Crippen molar-refractivity contribution in [3.05, 3.63) is 96.1 Å². The summed E-state index contributed by atoms with van der Waals surface area (Å²) in [5.41, 5.74) is 1.85. The zero-order chi connectivity index (χ0) is 19.1. The van der Waals surface area contributed by atoms with Crippen molar-refractivity contribution >= 4 is 5.91 Å². The van der Waals surface area contributed by atoms with E-state index in [2.05, 4.69) is 0 Å². The van der Waals surface area contributed by atoms with Crippen molar-refractivity contribution in [3.8, 4) is 11.5 Å². The molecule has 0 fully saturated rings. The molecular formula is C23H23NO3. The van der Waals surface area contributed by atoms with Crippen molar-refractivity contribution in [1.82, 2.24) is 4.90 Å². The minimum Gasteiger partial charge on any atom is -0.497 e. The molecule has 3 aromatic rings. The van der Waals surface area contributed by atoms with Gasteiger partial charge >= 0.3 is 0 Å². The second-order valence-corrected chi connectivity index (χ2v) is 6.26. The van der Waals surface area contributed by atoms with Crippen molar-refractivity contribution in [2.24, 2.45) is 0 Å². The summed E-state index contributed by atoms with van der Waals surface area (Å²) >= 11 is 0. The normalized spacial score (nSPS) is 11.5. The first-order valence-electron chi connectivity index (χ1n) is 8.82. The van der Waals surface area contributed by atoms with Crippen LogP contribution in [0.1, 0.15) is 17.2 Å². The first-order chi connectivity index (χ1) is 13.2. The van der Waals surface area contributed by atoms with Crippen molar-refractivity contribution in [3.63, 3.8) is 0 Å². The number of rotatable bonds is 7. The van der Waals surface area contributed by atoms with Gasteiger partial charge in [0.2, 0.25) is 6.10 Å². The molecular weight excluding hydrogens is 338 g/mol. The van der Waals surface area contributed by atoms with Crippen molar-refractivity contribution in [2.45, 2.75) is 12.6 Å². The first kappa shape index (κ1) is 18.5. The lowest BCUT2D eigenvalue weighted by molar-refractivity contribution is -0.138. The lowest BCUT2D eigenvalue weighted by Gasteiger charge is -2.25. The molecule has 27 heavy (non-hydrogen) atoms. The third kappa shape index (κ3) is 4.88. The molecule has 0 aliphatic rings. The van der Waals surface area contributed by atoms with Gasteiger partial charge in [-0.2, -0.15) is 0 Å². The fraction of sp³-hybridized carbons (Fsp3) is 0.174. The summed E-state index contributed by atoms with van der Waals surface area (Å²) in [4.78, 5) is 14.8. The molecule has 1 amide bonds. The highest BCUT2D eigenvalue weighted by Crippen LogP contribution is 2.24. The Morgan fingerprint density at radius 2 is 1.44 bits per heavy atom. The van der Waals surface area contributed by atoms with E-state index in [1.165, 1.54) is 0 Å². The maximum atomic E-state index is 13.2. The number of ether oxygens (including phenoxy) is 2. The molecule has 1 unspecified atom stereocenters. The summed E-state index contributed by atoms with van der Waals surface area (Å²) in [5.74, 6) is 1.36. The largest absolute Gasteiger partial charge is 0.497 e. The molecule has 4 heteroatoms. The maximum absolute atomic E-state index is 13.2. The third-order valence-corrected chi connectivity index (χ3v) is 4.28. The number of amides is 1. The highest BCUT2D eigenvalue weighted by Gasteiger charge is 2.26. The molecule has 1 atom stereocenters. The van der Waals surface area contributed by atoms with Gasteiger partial charge < -0.3 is 14.4 Å². The average molecular weight is 361 g/mol. The van der Waals surface area contributed by atoms with Crippen LogP contribution in [0.25, 0.3) is 0 Å². The van der Waals surface area contributed by atoms with Crippen LogP contribution in [-0.4, -0.2) is 25.0 Å². The number of carbonyl (C=O) groups excluding carboxylic acids is 1. The Kier molecular flexibility index (Phi) is 6.10. The molecule has 0 N–H and O–H groups in total. The van der Waals surface area contributed by atoms with E-state index >= 15 is 0 Å². The van der Waals surface area contributed by atoms with E-state index in [-0.39, 0.29) is 5.91 Å². The lowest BCUT2D eigenvalue weighted by atomic mass is 10.1. The van der Waals surface area contributed by atoms with Gasteiger partial charge in [0, 0.05) is 19.2 Å². The van der Waals surface area contributed by atoms with Crippen molar-refractivity contribution < 1.29 is 14.3 Å². The smallest absolute Gasteiger partial charge is 0.268 e. The van der Waals surface area contributed by atoms with Crippen molar-refractivity contribution in [1.29, 1.82) is 0 Å². The predicted molar refractivity (Wildman–Crippen MR) is 106 cm³/mol. The standard InChI is InChI=1S/C23H23NO3/c1-24(17-18-13-15-20(26-2)16-14-18)23(25)22(19-9-5-3-6-10-19)27-21-11-7-4-8-12-21/h3-16,22H,17H2,1-2H3. The quantitative estimate of drug-likeness (QED) is 0.623. The molecule has 138 valence electrons. The Balaban J connectivity index is 1.78. The minimum absolute atomic E-state index is 0.0964. The number of carbonyl (C=O) groups is 1. The molecule has 0 radical (unpaired) electrons. The molecule has 0 aliphatic carbocycles. The van der Waals surface area contributed by atoms with Gasteiger partial charge in [-0.15, -0.1) is 0 Å². The lowest BCUT2D eigenvalue weighted by Crippen LogP contribution is -2.34. The topological polar surface area (TPSA) is 38.8 Å². The van der Waals surface area contributed by atoms with Crippen LogP contribution in [0.3, 0.4) is 0 Å². The van der Waals surface area contributed by atoms with Gasteiger partial charge in [-0.25, -0.2) is 0 Å². The molecule has 0 saturated carbocycles. The van der Waals surface area contributed by atoms with Gasteiger partial charge in [0.15, 0.2) is 0 Å². The molecule has 0 bridgehead atoms. The van der Waals surface area contributed by atoms with E-state index in [0.29, 0.717) is 12.3 Å². The summed E-state index contributed by atoms with van der Waals surface area (Å²) in [6.45, 7) is 0.490. The van der Waals surface area contributed by atoms with Crippen molar-refractivity contribution in [2.75, 3.05) is 14.2 Å². The Bertz CT molecular complexity index is 848. The van der Waals surface area contributed by atoms with Gasteiger partial charge in [-0.3, -0.25) is 4.79 Å². The van der Waals surface area contributed by atoms with E-state index < -0.39 is 6.10 Å². The summed E-state index contributed by atoms with van der Waals surface area (Å²) in [6.07, 6.45) is -0.697. The summed E-state index contributed by atoms with van der Waals surface area (Å²) < 4.78 is 11.2. The summed E-state index contributed by atoms with van der Waals surface area (Å²) in [5, 5.41) is 0. The third-order valence-electron chi connectivity index (χ3n) is 4.28. The molecule has 0 aliphatic heterocycles. The number of para-hydroxylation sites is 1. The van der Waals surface area contributed by atoms with Crippen LogP contribution in [0.2, 0.25) is 0 Å². The second kappa shape index (κ2) is 8.90. The van der Waals surface area contributed by atoms with Crippen LogP contribution in [0, 0.1) is 0 Å². The van der Waals surface area contributed by atoms with Crippen LogP contribution in [0.15, 0.2) is 84.9 Å². The monoisotopic (exact) mass is 361 g/mol. The van der Waals surface area contributed by atoms with Gasteiger partial charge in [0.25, 0.3) is 5.91 Å². The summed E-state index contributed by atoms with van der Waals surface area (Å²) in [6, 6.07) is 26.7. The molecule has 0 saturated heterocycles. The van der Waals surface area contributed by atoms with E-state index in [4.69, 9.17) is 9.47 Å². The van der Waals surface area contributed by atoms with E-state index in [0.717, 1.165) is 16.9 Å². The van der Waals surface area contributed by atoms with E-state index in [1.54, 1.807) is 19.1 Å². The molecule has 4 nitrogen and oxygen atoms in total. The maximum Gasteiger partial charge on any atom is 0.268 e. The van der Waals surface area contributed by atoms with Gasteiger partial charge in [0.05, 0.1) is 7.11 Å². The van der Waals surface area contributed by atoms with Crippen LogP contribution < -0.4 is 9.47 Å². The predicted octanol–water partition coefficient (Wildman–Crippen LogP) is 4.47. The number of nitrogens with zero attached hydrogens (tertiary/aromatic N) is 1. The second-order valence-electron chi connectivity index (χ2n) is 6.26. The fourth-order valence-electron chi connectivity index (χ4n) is 2.81. The number of likely N-dealkylation sites (N-methyl/N-ethyl adjacent to an activating group) is 1. The molecule has 3 rings (SSSR count). The number of hydrogen-bond acceptors (Lipinski definition) is 3. The number of hydrogen-bond donors (Lipinski definition) is 0. The summed E-state index contributed by atoms with van der Waals surface area (Å²) in [7, 11) is 3.42. The Morgan fingerprint density at radius 1 is 0.852 bits per heavy atom. The highest BCUT2D eigenvalue weighted by atomic mass is 16.5. The first-order valence-corrected chi connectivity index (χ1v) is 8.82. The van der Waals surface area contributed by atoms with E-state index in [9.17, 15) is 4.79 Å². The zero-order valence-electron chi connectivity index (χ0n) is 15.5. The Labute approximate surface area is 160 Å². The number of methoxy groups -OCH3 is 1. The van der Waals surface area contributed by atoms with Crippen LogP contribution >= 0.6 is 0 Å². The minimum atomic E-state index is -0.697. The number of benzene rings is 3. The van der Waals surface area contributed by atoms with Gasteiger partial charge in [-0.1, -0.05) is 60.7 Å². The fourth-order valence-corrected chi connectivity index (χ4v) is 2.81. The molecule has 0 aromatic heterocycles. The molecule has 3 aromatic carbocycles. The van der Waals surface area contributed by atoms with Gasteiger partial charge in [0.1, 0.15) is 11.5 Å². The Hall–Kier alpha value is -3.27. The van der Waals surface area contributed by atoms with Crippen LogP contribution in [0.4, 0.5) is 0 Å². The zero-order valence-corrected chi connectivity index (χ0v) is 15.5.